The van der Waals surface area contributed by atoms with E-state index in [0.29, 0.717) is 10.6 Å². The molecule has 0 radical (unpaired) electrons. The zero-order valence-electron chi connectivity index (χ0n) is 9.00. The lowest BCUT2D eigenvalue weighted by Crippen LogP contribution is -2.02. The molecule has 0 saturated carbocycles. The lowest BCUT2D eigenvalue weighted by molar-refractivity contribution is 0.219. The number of halogens is 4. The van der Waals surface area contributed by atoms with Crippen LogP contribution in [-0.2, 0) is 0 Å². The highest BCUT2D eigenvalue weighted by atomic mass is 35.5. The van der Waals surface area contributed by atoms with Crippen molar-refractivity contribution in [2.24, 2.45) is 0 Å². The van der Waals surface area contributed by atoms with Gasteiger partial charge in [0.05, 0.1) is 0 Å². The Morgan fingerprint density at radius 2 is 1.56 bits per heavy atom. The van der Waals surface area contributed by atoms with Crippen molar-refractivity contribution in [2.75, 3.05) is 0 Å². The second-order valence-electron chi connectivity index (χ2n) is 3.77. The summed E-state index contributed by atoms with van der Waals surface area (Å²) >= 11 is 11.7. The summed E-state index contributed by atoms with van der Waals surface area (Å²) in [5, 5.41) is 10.7. The minimum absolute atomic E-state index is 0.0942. The number of hydrogen-bond donors (Lipinski definition) is 1. The van der Waals surface area contributed by atoms with Crippen LogP contribution in [0.3, 0.4) is 0 Å². The second-order valence-corrected chi connectivity index (χ2v) is 4.61. The molecule has 1 nitrogen and oxygen atoms in total. The third kappa shape index (κ3) is 2.80. The van der Waals surface area contributed by atoms with Gasteiger partial charge in [-0.2, -0.15) is 0 Å². The quantitative estimate of drug-likeness (QED) is 0.871. The maximum absolute atomic E-state index is 13.1. The van der Waals surface area contributed by atoms with Gasteiger partial charge in [-0.15, -0.1) is 0 Å². The Bertz CT molecular complexity index is 567. The Kier molecular flexibility index (Phi) is 3.85. The van der Waals surface area contributed by atoms with Gasteiger partial charge in [0, 0.05) is 21.7 Å². The van der Waals surface area contributed by atoms with Crippen LogP contribution in [0, 0.1) is 11.6 Å². The molecule has 0 amide bonds. The lowest BCUT2D eigenvalue weighted by Gasteiger charge is -2.13. The zero-order chi connectivity index (χ0) is 13.3. The monoisotopic (exact) mass is 288 g/mol. The van der Waals surface area contributed by atoms with Crippen LogP contribution in [0.15, 0.2) is 36.4 Å². The van der Waals surface area contributed by atoms with E-state index < -0.39 is 17.7 Å². The topological polar surface area (TPSA) is 20.2 Å². The maximum atomic E-state index is 13.1. The van der Waals surface area contributed by atoms with Gasteiger partial charge in [-0.25, -0.2) is 8.78 Å². The Morgan fingerprint density at radius 1 is 0.944 bits per heavy atom. The van der Waals surface area contributed by atoms with Gasteiger partial charge < -0.3 is 5.11 Å². The van der Waals surface area contributed by atoms with Crippen molar-refractivity contribution in [1.82, 2.24) is 0 Å². The van der Waals surface area contributed by atoms with Crippen molar-refractivity contribution in [3.8, 4) is 0 Å². The predicted octanol–water partition coefficient (Wildman–Crippen LogP) is 4.35. The van der Waals surface area contributed by atoms with Crippen LogP contribution in [0.2, 0.25) is 10.0 Å². The molecule has 1 atom stereocenters. The second kappa shape index (κ2) is 5.22. The summed E-state index contributed by atoms with van der Waals surface area (Å²) in [4.78, 5) is 0. The highest BCUT2D eigenvalue weighted by Crippen LogP contribution is 2.30. The van der Waals surface area contributed by atoms with Crippen molar-refractivity contribution in [3.63, 3.8) is 0 Å². The van der Waals surface area contributed by atoms with Gasteiger partial charge in [0.25, 0.3) is 0 Å². The van der Waals surface area contributed by atoms with Gasteiger partial charge in [-0.1, -0.05) is 29.3 Å². The van der Waals surface area contributed by atoms with Gasteiger partial charge in [-0.3, -0.25) is 0 Å². The maximum Gasteiger partial charge on any atom is 0.126 e. The van der Waals surface area contributed by atoms with E-state index in [1.54, 1.807) is 6.07 Å². The molecule has 0 aliphatic carbocycles. The van der Waals surface area contributed by atoms with Gasteiger partial charge >= 0.3 is 0 Å². The summed E-state index contributed by atoms with van der Waals surface area (Å²) in [6.07, 6.45) is -1.21. The average molecular weight is 289 g/mol. The fraction of sp³-hybridized carbons (Fsp3) is 0.0769. The molecule has 5 heteroatoms. The molecule has 2 aromatic carbocycles. The van der Waals surface area contributed by atoms with E-state index in [4.69, 9.17) is 23.2 Å². The molecule has 18 heavy (non-hydrogen) atoms. The molecular weight excluding hydrogens is 281 g/mol. The smallest absolute Gasteiger partial charge is 0.126 e. The molecule has 0 aliphatic rings. The third-order valence-electron chi connectivity index (χ3n) is 2.46. The van der Waals surface area contributed by atoms with Crippen LogP contribution in [0.5, 0.6) is 0 Å². The number of benzene rings is 2. The first-order valence-electron chi connectivity index (χ1n) is 5.06. The SMILES string of the molecule is OC(c1cc(F)cc(F)c1)c1ccc(Cl)cc1Cl. The van der Waals surface area contributed by atoms with E-state index in [-0.39, 0.29) is 10.6 Å². The average Bonchev–Trinajstić information content (AvgIpc) is 2.26. The van der Waals surface area contributed by atoms with E-state index in [9.17, 15) is 13.9 Å². The predicted molar refractivity (Wildman–Crippen MR) is 66.9 cm³/mol. The van der Waals surface area contributed by atoms with Crippen molar-refractivity contribution in [2.45, 2.75) is 6.10 Å². The van der Waals surface area contributed by atoms with Crippen LogP contribution in [0.25, 0.3) is 0 Å². The number of hydrogen-bond acceptors (Lipinski definition) is 1. The van der Waals surface area contributed by atoms with E-state index >= 15 is 0 Å². The molecule has 0 bridgehead atoms. The first kappa shape index (κ1) is 13.3. The van der Waals surface area contributed by atoms with Crippen molar-refractivity contribution in [1.29, 1.82) is 0 Å². The normalized spacial score (nSPS) is 12.5. The first-order chi connectivity index (χ1) is 8.47. The van der Waals surface area contributed by atoms with E-state index in [0.717, 1.165) is 18.2 Å². The standard InChI is InChI=1S/C13H8Cl2F2O/c14-8-1-2-11(12(15)5-8)13(18)7-3-9(16)6-10(17)4-7/h1-6,13,18H. The van der Waals surface area contributed by atoms with Crippen molar-refractivity contribution >= 4 is 23.2 Å². The molecule has 0 spiro atoms. The fourth-order valence-electron chi connectivity index (χ4n) is 1.64. The Hall–Kier alpha value is -1.16. The molecule has 94 valence electrons. The summed E-state index contributed by atoms with van der Waals surface area (Å²) in [5.41, 5.74) is 0.433. The number of aliphatic hydroxyl groups excluding tert-OH is 1. The Balaban J connectivity index is 2.44. The summed E-state index contributed by atoms with van der Waals surface area (Å²) in [6, 6.07) is 7.36. The molecule has 2 aromatic rings. The summed E-state index contributed by atoms with van der Waals surface area (Å²) in [6.45, 7) is 0. The molecule has 2 rings (SSSR count). The molecule has 0 heterocycles. The number of rotatable bonds is 2. The molecule has 0 aromatic heterocycles. The zero-order valence-corrected chi connectivity index (χ0v) is 10.5. The molecule has 0 fully saturated rings. The fourth-order valence-corrected chi connectivity index (χ4v) is 2.15. The highest BCUT2D eigenvalue weighted by molar-refractivity contribution is 6.35. The van der Waals surface area contributed by atoms with E-state index in [2.05, 4.69) is 0 Å². The lowest BCUT2D eigenvalue weighted by atomic mass is 10.0. The summed E-state index contributed by atoms with van der Waals surface area (Å²) in [5.74, 6) is -1.51. The highest BCUT2D eigenvalue weighted by Gasteiger charge is 2.16. The summed E-state index contributed by atoms with van der Waals surface area (Å²) < 4.78 is 26.1. The van der Waals surface area contributed by atoms with Crippen molar-refractivity contribution < 1.29 is 13.9 Å². The Labute approximate surface area is 113 Å². The van der Waals surface area contributed by atoms with Crippen LogP contribution in [-0.4, -0.2) is 5.11 Å². The van der Waals surface area contributed by atoms with Crippen LogP contribution >= 0.6 is 23.2 Å². The van der Waals surface area contributed by atoms with Gasteiger partial charge in [0.15, 0.2) is 0 Å². The molecule has 1 N–H and O–H groups in total. The minimum atomic E-state index is -1.21. The van der Waals surface area contributed by atoms with Gasteiger partial charge in [0.1, 0.15) is 17.7 Å². The van der Waals surface area contributed by atoms with Gasteiger partial charge in [-0.05, 0) is 29.8 Å². The first-order valence-corrected chi connectivity index (χ1v) is 5.82. The van der Waals surface area contributed by atoms with Crippen LogP contribution in [0.4, 0.5) is 8.78 Å². The van der Waals surface area contributed by atoms with Crippen LogP contribution in [0.1, 0.15) is 17.2 Å². The third-order valence-corrected chi connectivity index (χ3v) is 3.02. The number of aliphatic hydroxyl groups is 1. The molecule has 0 aliphatic heterocycles. The molecule has 1 unspecified atom stereocenters. The minimum Gasteiger partial charge on any atom is -0.384 e. The Morgan fingerprint density at radius 3 is 2.11 bits per heavy atom. The van der Waals surface area contributed by atoms with Crippen LogP contribution < -0.4 is 0 Å². The summed E-state index contributed by atoms with van der Waals surface area (Å²) in [7, 11) is 0. The van der Waals surface area contributed by atoms with Gasteiger partial charge in [0.2, 0.25) is 0 Å². The molecule has 0 saturated heterocycles. The van der Waals surface area contributed by atoms with E-state index in [1.807, 2.05) is 0 Å². The van der Waals surface area contributed by atoms with Crippen molar-refractivity contribution in [3.05, 3.63) is 69.2 Å². The molecular formula is C13H8Cl2F2O. The van der Waals surface area contributed by atoms with E-state index in [1.165, 1.54) is 12.1 Å². The largest absolute Gasteiger partial charge is 0.384 e.